The molecule has 0 unspecified atom stereocenters. The molecule has 0 aromatic heterocycles. The molecule has 1 aliphatic rings. The van der Waals surface area contributed by atoms with E-state index in [1.165, 1.54) is 18.3 Å². The average Bonchev–Trinajstić information content (AvgIpc) is 3.01. The number of aliphatic hydroxyl groups is 2. The highest BCUT2D eigenvalue weighted by Gasteiger charge is 2.25. The van der Waals surface area contributed by atoms with Crippen molar-refractivity contribution in [1.29, 1.82) is 0 Å². The van der Waals surface area contributed by atoms with Crippen molar-refractivity contribution in [2.45, 2.75) is 4.90 Å². The zero-order chi connectivity index (χ0) is 20.1. The standard InChI is InChI=1S/C19H21N3O5S/c23-10-8-22(9-11-24)28(26,27)15-5-3-4-14(12-15)20-13-17-16-6-1-2-7-18(16)21-19(17)25/h1-7,12-13,20,23-24H,8-11H2,(H,21,25). The third-order valence-electron chi connectivity index (χ3n) is 4.26. The van der Waals surface area contributed by atoms with E-state index >= 15 is 0 Å². The molecule has 8 nitrogen and oxygen atoms in total. The van der Waals surface area contributed by atoms with Gasteiger partial charge < -0.3 is 20.8 Å². The van der Waals surface area contributed by atoms with Crippen LogP contribution in [0.5, 0.6) is 0 Å². The van der Waals surface area contributed by atoms with Gasteiger partial charge in [0.2, 0.25) is 10.0 Å². The first-order valence-corrected chi connectivity index (χ1v) is 10.1. The van der Waals surface area contributed by atoms with E-state index in [4.69, 9.17) is 10.2 Å². The Kier molecular flexibility index (Phi) is 6.10. The summed E-state index contributed by atoms with van der Waals surface area (Å²) >= 11 is 0. The molecule has 148 valence electrons. The van der Waals surface area contributed by atoms with Crippen LogP contribution in [0.2, 0.25) is 0 Å². The number of para-hydroxylation sites is 1. The third kappa shape index (κ3) is 4.07. The number of sulfonamides is 1. The van der Waals surface area contributed by atoms with Gasteiger partial charge in [0.15, 0.2) is 0 Å². The average molecular weight is 403 g/mol. The van der Waals surface area contributed by atoms with Crippen molar-refractivity contribution in [3.63, 3.8) is 0 Å². The maximum atomic E-state index is 12.7. The van der Waals surface area contributed by atoms with E-state index in [0.29, 0.717) is 11.3 Å². The van der Waals surface area contributed by atoms with E-state index < -0.39 is 10.0 Å². The second-order valence-electron chi connectivity index (χ2n) is 6.08. The van der Waals surface area contributed by atoms with Crippen LogP contribution in [-0.4, -0.2) is 55.1 Å². The summed E-state index contributed by atoms with van der Waals surface area (Å²) < 4.78 is 26.5. The van der Waals surface area contributed by atoms with E-state index in [1.807, 2.05) is 18.2 Å². The number of hydrogen-bond donors (Lipinski definition) is 4. The predicted octanol–water partition coefficient (Wildman–Crippen LogP) is 1.07. The fourth-order valence-corrected chi connectivity index (χ4v) is 4.38. The van der Waals surface area contributed by atoms with Crippen LogP contribution in [-0.2, 0) is 14.8 Å². The van der Waals surface area contributed by atoms with Crippen LogP contribution in [0.4, 0.5) is 11.4 Å². The zero-order valence-corrected chi connectivity index (χ0v) is 15.8. The smallest absolute Gasteiger partial charge is 0.257 e. The van der Waals surface area contributed by atoms with Crippen LogP contribution in [0.15, 0.2) is 59.6 Å². The topological polar surface area (TPSA) is 119 Å². The molecule has 2 aromatic rings. The van der Waals surface area contributed by atoms with Crippen LogP contribution in [0, 0.1) is 0 Å². The Bertz CT molecular complexity index is 998. The molecule has 4 N–H and O–H groups in total. The first-order valence-electron chi connectivity index (χ1n) is 8.67. The molecular formula is C19H21N3O5S. The molecule has 1 heterocycles. The highest BCUT2D eigenvalue weighted by Crippen LogP contribution is 2.31. The van der Waals surface area contributed by atoms with Crippen LogP contribution in [0.25, 0.3) is 5.57 Å². The molecule has 0 aliphatic carbocycles. The molecule has 0 bridgehead atoms. The van der Waals surface area contributed by atoms with Gasteiger partial charge in [-0.05, 0) is 24.3 Å². The van der Waals surface area contributed by atoms with Crippen LogP contribution in [0.1, 0.15) is 5.56 Å². The van der Waals surface area contributed by atoms with Crippen molar-refractivity contribution in [2.24, 2.45) is 0 Å². The van der Waals surface area contributed by atoms with Crippen LogP contribution < -0.4 is 10.6 Å². The van der Waals surface area contributed by atoms with Gasteiger partial charge in [-0.25, -0.2) is 8.42 Å². The van der Waals surface area contributed by atoms with Crippen molar-refractivity contribution in [2.75, 3.05) is 36.9 Å². The van der Waals surface area contributed by atoms with Gasteiger partial charge in [-0.1, -0.05) is 24.3 Å². The molecule has 0 saturated carbocycles. The van der Waals surface area contributed by atoms with E-state index in [1.54, 1.807) is 18.2 Å². The first-order chi connectivity index (χ1) is 13.5. The fourth-order valence-electron chi connectivity index (χ4n) is 2.91. The number of carbonyl (C=O) groups is 1. The summed E-state index contributed by atoms with van der Waals surface area (Å²) in [6.45, 7) is -0.918. The summed E-state index contributed by atoms with van der Waals surface area (Å²) in [6, 6.07) is 13.4. The highest BCUT2D eigenvalue weighted by molar-refractivity contribution is 7.89. The number of aliphatic hydroxyl groups excluding tert-OH is 2. The third-order valence-corrected chi connectivity index (χ3v) is 6.16. The minimum absolute atomic E-state index is 0.0223. The Balaban J connectivity index is 1.85. The maximum Gasteiger partial charge on any atom is 0.257 e. The molecule has 0 saturated heterocycles. The summed E-state index contributed by atoms with van der Waals surface area (Å²) in [5.41, 5.74) is 2.42. The lowest BCUT2D eigenvalue weighted by atomic mass is 10.1. The number of fused-ring (bicyclic) bond motifs is 1. The van der Waals surface area contributed by atoms with E-state index in [9.17, 15) is 13.2 Å². The number of nitrogens with zero attached hydrogens (tertiary/aromatic N) is 1. The van der Waals surface area contributed by atoms with Crippen molar-refractivity contribution < 1.29 is 23.4 Å². The Morgan fingerprint density at radius 2 is 1.75 bits per heavy atom. The lowest BCUT2D eigenvalue weighted by molar-refractivity contribution is -0.110. The quantitative estimate of drug-likeness (QED) is 0.490. The molecule has 1 amide bonds. The minimum atomic E-state index is -3.87. The molecule has 1 aliphatic heterocycles. The van der Waals surface area contributed by atoms with Gasteiger partial charge in [0.1, 0.15) is 0 Å². The number of hydrogen-bond acceptors (Lipinski definition) is 6. The molecule has 2 aromatic carbocycles. The normalized spacial score (nSPS) is 15.0. The van der Waals surface area contributed by atoms with Gasteiger partial charge in [0.25, 0.3) is 5.91 Å². The van der Waals surface area contributed by atoms with E-state index in [2.05, 4.69) is 10.6 Å². The Morgan fingerprint density at radius 3 is 2.46 bits per heavy atom. The number of nitrogens with one attached hydrogen (secondary N) is 2. The minimum Gasteiger partial charge on any atom is -0.395 e. The number of carbonyl (C=O) groups excluding carboxylic acids is 1. The van der Waals surface area contributed by atoms with E-state index in [-0.39, 0.29) is 37.1 Å². The highest BCUT2D eigenvalue weighted by atomic mass is 32.2. The number of anilines is 2. The Labute approximate surface area is 163 Å². The molecule has 0 fully saturated rings. The lowest BCUT2D eigenvalue weighted by Crippen LogP contribution is -2.35. The van der Waals surface area contributed by atoms with Crippen LogP contribution in [0.3, 0.4) is 0 Å². The van der Waals surface area contributed by atoms with Crippen molar-refractivity contribution in [1.82, 2.24) is 4.31 Å². The van der Waals surface area contributed by atoms with Gasteiger partial charge in [0.05, 0.1) is 23.7 Å². The summed E-state index contributed by atoms with van der Waals surface area (Å²) in [5.74, 6) is -0.241. The first kappa shape index (κ1) is 20.0. The molecule has 0 radical (unpaired) electrons. The largest absolute Gasteiger partial charge is 0.395 e. The van der Waals surface area contributed by atoms with Gasteiger partial charge in [-0.15, -0.1) is 0 Å². The zero-order valence-electron chi connectivity index (χ0n) is 15.0. The van der Waals surface area contributed by atoms with Gasteiger partial charge in [0, 0.05) is 36.2 Å². The Hall–Kier alpha value is -2.72. The summed E-state index contributed by atoms with van der Waals surface area (Å²) in [7, 11) is -3.87. The Morgan fingerprint density at radius 1 is 1.04 bits per heavy atom. The SMILES string of the molecule is O=C1Nc2ccccc2C1=CNc1cccc(S(=O)(=O)N(CCO)CCO)c1. The van der Waals surface area contributed by atoms with Gasteiger partial charge >= 0.3 is 0 Å². The number of amides is 1. The molecule has 3 rings (SSSR count). The second kappa shape index (κ2) is 8.53. The maximum absolute atomic E-state index is 12.7. The molecule has 0 atom stereocenters. The fraction of sp³-hybridized carbons (Fsp3) is 0.211. The van der Waals surface area contributed by atoms with Crippen molar-refractivity contribution >= 4 is 32.9 Å². The summed E-state index contributed by atoms with van der Waals surface area (Å²) in [4.78, 5) is 12.2. The van der Waals surface area contributed by atoms with E-state index in [0.717, 1.165) is 15.6 Å². The lowest BCUT2D eigenvalue weighted by Gasteiger charge is -2.20. The number of rotatable bonds is 8. The summed E-state index contributed by atoms with van der Waals surface area (Å²) in [6.07, 6.45) is 1.53. The number of benzene rings is 2. The van der Waals surface area contributed by atoms with Crippen LogP contribution >= 0.6 is 0 Å². The molecular weight excluding hydrogens is 382 g/mol. The second-order valence-corrected chi connectivity index (χ2v) is 8.02. The summed E-state index contributed by atoms with van der Waals surface area (Å²) in [5, 5.41) is 23.9. The molecule has 28 heavy (non-hydrogen) atoms. The molecule has 0 spiro atoms. The van der Waals surface area contributed by atoms with Crippen molar-refractivity contribution in [3.05, 3.63) is 60.3 Å². The van der Waals surface area contributed by atoms with Crippen molar-refractivity contribution in [3.8, 4) is 0 Å². The predicted molar refractivity (Wildman–Crippen MR) is 106 cm³/mol. The molecule has 9 heteroatoms. The monoisotopic (exact) mass is 403 g/mol. The van der Waals surface area contributed by atoms with Gasteiger partial charge in [-0.3, -0.25) is 4.79 Å². The van der Waals surface area contributed by atoms with Gasteiger partial charge in [-0.2, -0.15) is 4.31 Å².